The van der Waals surface area contributed by atoms with Crippen LogP contribution in [0.15, 0.2) is 48.7 Å². The number of rotatable bonds is 1. The summed E-state index contributed by atoms with van der Waals surface area (Å²) in [5.41, 5.74) is 3.47. The van der Waals surface area contributed by atoms with Crippen LogP contribution in [0.3, 0.4) is 0 Å². The molecule has 0 atom stereocenters. The summed E-state index contributed by atoms with van der Waals surface area (Å²) in [5, 5.41) is 2.24. The fraction of sp³-hybridized carbons (Fsp3) is 0.118. The van der Waals surface area contributed by atoms with Crippen LogP contribution in [0, 0.1) is 19.7 Å². The summed E-state index contributed by atoms with van der Waals surface area (Å²) in [5.74, 6) is -0.165. The molecule has 0 saturated carbocycles. The van der Waals surface area contributed by atoms with E-state index in [9.17, 15) is 4.39 Å². The Hall–Kier alpha value is -2.22. The van der Waals surface area contributed by atoms with Crippen molar-refractivity contribution in [2.45, 2.75) is 13.8 Å². The van der Waals surface area contributed by atoms with Crippen LogP contribution in [0.1, 0.15) is 11.1 Å². The molecule has 0 spiro atoms. The van der Waals surface area contributed by atoms with Gasteiger partial charge in [-0.25, -0.2) is 4.39 Å². The lowest BCUT2D eigenvalue weighted by atomic mass is 9.98. The molecule has 0 saturated heterocycles. The summed E-state index contributed by atoms with van der Waals surface area (Å²) in [7, 11) is 0. The highest BCUT2D eigenvalue weighted by Gasteiger charge is 2.10. The number of aromatic nitrogens is 1. The molecular weight excluding hydrogens is 237 g/mol. The smallest absolute Gasteiger partial charge is 0.126 e. The maximum atomic E-state index is 13.6. The first-order valence-corrected chi connectivity index (χ1v) is 6.27. The molecule has 1 heterocycles. The second-order valence-electron chi connectivity index (χ2n) is 4.80. The minimum Gasteiger partial charge on any atom is -0.256 e. The molecule has 94 valence electrons. The maximum absolute atomic E-state index is 13.6. The van der Waals surface area contributed by atoms with Gasteiger partial charge in [0.1, 0.15) is 5.82 Å². The molecule has 0 radical (unpaired) electrons. The third kappa shape index (κ3) is 1.99. The number of aryl methyl sites for hydroxylation is 2. The largest absolute Gasteiger partial charge is 0.256 e. The standard InChI is InChI=1S/C17H14FN/c1-11-10-16(18)12(2)9-15(11)17-14-6-4-3-5-13(14)7-8-19-17/h3-10H,1-2H3. The highest BCUT2D eigenvalue weighted by molar-refractivity contribution is 5.95. The first-order chi connectivity index (χ1) is 9.16. The predicted molar refractivity (Wildman–Crippen MR) is 76.6 cm³/mol. The summed E-state index contributed by atoms with van der Waals surface area (Å²) < 4.78 is 13.6. The van der Waals surface area contributed by atoms with E-state index in [2.05, 4.69) is 17.1 Å². The van der Waals surface area contributed by atoms with Crippen LogP contribution < -0.4 is 0 Å². The van der Waals surface area contributed by atoms with E-state index in [4.69, 9.17) is 0 Å². The van der Waals surface area contributed by atoms with Crippen molar-refractivity contribution in [3.8, 4) is 11.3 Å². The first-order valence-electron chi connectivity index (χ1n) is 6.27. The number of pyridine rings is 1. The molecular formula is C17H14FN. The zero-order chi connectivity index (χ0) is 13.4. The van der Waals surface area contributed by atoms with Crippen molar-refractivity contribution in [2.75, 3.05) is 0 Å². The first kappa shape index (κ1) is 11.8. The quantitative estimate of drug-likeness (QED) is 0.613. The number of hydrogen-bond donors (Lipinski definition) is 0. The second-order valence-corrected chi connectivity index (χ2v) is 4.80. The lowest BCUT2D eigenvalue weighted by molar-refractivity contribution is 0.617. The highest BCUT2D eigenvalue weighted by Crippen LogP contribution is 2.30. The van der Waals surface area contributed by atoms with E-state index in [1.807, 2.05) is 31.2 Å². The fourth-order valence-corrected chi connectivity index (χ4v) is 2.37. The summed E-state index contributed by atoms with van der Waals surface area (Å²) >= 11 is 0. The minimum absolute atomic E-state index is 0.165. The topological polar surface area (TPSA) is 12.9 Å². The second kappa shape index (κ2) is 4.47. The lowest BCUT2D eigenvalue weighted by Crippen LogP contribution is -1.92. The Morgan fingerprint density at radius 3 is 2.58 bits per heavy atom. The summed E-state index contributed by atoms with van der Waals surface area (Å²) in [4.78, 5) is 4.49. The van der Waals surface area contributed by atoms with E-state index in [1.54, 1.807) is 19.2 Å². The Bertz CT molecular complexity index is 757. The molecule has 0 amide bonds. The van der Waals surface area contributed by atoms with Crippen molar-refractivity contribution < 1.29 is 4.39 Å². The maximum Gasteiger partial charge on any atom is 0.126 e. The van der Waals surface area contributed by atoms with Crippen LogP contribution in [0.4, 0.5) is 4.39 Å². The molecule has 2 heteroatoms. The third-order valence-corrected chi connectivity index (χ3v) is 3.43. The van der Waals surface area contributed by atoms with Crippen LogP contribution in [0.25, 0.3) is 22.0 Å². The predicted octanol–water partition coefficient (Wildman–Crippen LogP) is 4.66. The monoisotopic (exact) mass is 251 g/mol. The van der Waals surface area contributed by atoms with Gasteiger partial charge in [0.15, 0.2) is 0 Å². The molecule has 1 aromatic heterocycles. The number of benzene rings is 2. The van der Waals surface area contributed by atoms with Crippen molar-refractivity contribution in [2.24, 2.45) is 0 Å². The molecule has 0 N–H and O–H groups in total. The van der Waals surface area contributed by atoms with Crippen LogP contribution in [-0.2, 0) is 0 Å². The highest BCUT2D eigenvalue weighted by atomic mass is 19.1. The average Bonchev–Trinajstić information content (AvgIpc) is 2.42. The molecule has 19 heavy (non-hydrogen) atoms. The van der Waals surface area contributed by atoms with E-state index in [-0.39, 0.29) is 5.82 Å². The normalized spacial score (nSPS) is 10.9. The molecule has 0 aliphatic heterocycles. The van der Waals surface area contributed by atoms with Gasteiger partial charge in [-0.2, -0.15) is 0 Å². The molecule has 0 aliphatic carbocycles. The van der Waals surface area contributed by atoms with Gasteiger partial charge in [0.25, 0.3) is 0 Å². The third-order valence-electron chi connectivity index (χ3n) is 3.43. The van der Waals surface area contributed by atoms with E-state index < -0.39 is 0 Å². The van der Waals surface area contributed by atoms with Crippen molar-refractivity contribution in [1.29, 1.82) is 0 Å². The molecule has 3 rings (SSSR count). The molecule has 0 bridgehead atoms. The number of nitrogens with zero attached hydrogens (tertiary/aromatic N) is 1. The van der Waals surface area contributed by atoms with Gasteiger partial charge in [-0.1, -0.05) is 24.3 Å². The molecule has 0 fully saturated rings. The Morgan fingerprint density at radius 1 is 0.947 bits per heavy atom. The molecule has 3 aromatic rings. The van der Waals surface area contributed by atoms with Crippen molar-refractivity contribution >= 4 is 10.8 Å². The van der Waals surface area contributed by atoms with Gasteiger partial charge >= 0.3 is 0 Å². The number of hydrogen-bond acceptors (Lipinski definition) is 1. The summed E-state index contributed by atoms with van der Waals surface area (Å²) in [6, 6.07) is 13.6. The van der Waals surface area contributed by atoms with Crippen molar-refractivity contribution in [1.82, 2.24) is 4.98 Å². The molecule has 2 aromatic carbocycles. The van der Waals surface area contributed by atoms with Crippen molar-refractivity contribution in [3.63, 3.8) is 0 Å². The van der Waals surface area contributed by atoms with Gasteiger partial charge in [0, 0.05) is 17.1 Å². The van der Waals surface area contributed by atoms with Gasteiger partial charge in [-0.3, -0.25) is 4.98 Å². The Morgan fingerprint density at radius 2 is 1.74 bits per heavy atom. The van der Waals surface area contributed by atoms with E-state index in [0.717, 1.165) is 27.6 Å². The van der Waals surface area contributed by atoms with Crippen molar-refractivity contribution in [3.05, 3.63) is 65.6 Å². The number of halogens is 1. The van der Waals surface area contributed by atoms with Gasteiger partial charge in [0.2, 0.25) is 0 Å². The Kier molecular flexibility index (Phi) is 2.79. The Labute approximate surface area is 111 Å². The van der Waals surface area contributed by atoms with Gasteiger partial charge in [-0.15, -0.1) is 0 Å². The van der Waals surface area contributed by atoms with Gasteiger partial charge < -0.3 is 0 Å². The summed E-state index contributed by atoms with van der Waals surface area (Å²) in [6.07, 6.45) is 1.80. The molecule has 0 unspecified atom stereocenters. The number of fused-ring (bicyclic) bond motifs is 1. The fourth-order valence-electron chi connectivity index (χ4n) is 2.37. The van der Waals surface area contributed by atoms with Gasteiger partial charge in [0.05, 0.1) is 5.69 Å². The lowest BCUT2D eigenvalue weighted by Gasteiger charge is -2.10. The minimum atomic E-state index is -0.165. The van der Waals surface area contributed by atoms with Crippen LogP contribution in [0.2, 0.25) is 0 Å². The zero-order valence-electron chi connectivity index (χ0n) is 10.9. The van der Waals surface area contributed by atoms with Crippen LogP contribution in [-0.4, -0.2) is 4.98 Å². The van der Waals surface area contributed by atoms with Crippen LogP contribution >= 0.6 is 0 Å². The van der Waals surface area contributed by atoms with E-state index in [0.29, 0.717) is 5.56 Å². The SMILES string of the molecule is Cc1cc(-c2nccc3ccccc23)c(C)cc1F. The van der Waals surface area contributed by atoms with E-state index >= 15 is 0 Å². The van der Waals surface area contributed by atoms with Gasteiger partial charge in [-0.05, 0) is 48.6 Å². The summed E-state index contributed by atoms with van der Waals surface area (Å²) in [6.45, 7) is 3.70. The zero-order valence-corrected chi connectivity index (χ0v) is 10.9. The molecule has 1 nitrogen and oxygen atoms in total. The molecule has 0 aliphatic rings. The average molecular weight is 251 g/mol. The van der Waals surface area contributed by atoms with E-state index in [1.165, 1.54) is 0 Å². The van der Waals surface area contributed by atoms with Crippen LogP contribution in [0.5, 0.6) is 0 Å². The Balaban J connectivity index is 2.33.